The van der Waals surface area contributed by atoms with E-state index in [0.717, 1.165) is 25.9 Å². The van der Waals surface area contributed by atoms with E-state index in [-0.39, 0.29) is 5.91 Å². The van der Waals surface area contributed by atoms with Crippen molar-refractivity contribution in [2.75, 3.05) is 18.8 Å². The Morgan fingerprint density at radius 2 is 2.05 bits per heavy atom. The van der Waals surface area contributed by atoms with Crippen LogP contribution in [0.2, 0.25) is 0 Å². The molecule has 0 radical (unpaired) electrons. The fourth-order valence-electron chi connectivity index (χ4n) is 2.73. The molecule has 0 aliphatic carbocycles. The lowest BCUT2D eigenvalue weighted by atomic mass is 10.2. The van der Waals surface area contributed by atoms with Crippen LogP contribution in [-0.4, -0.2) is 28.5 Å². The van der Waals surface area contributed by atoms with Crippen molar-refractivity contribution in [3.05, 3.63) is 28.7 Å². The van der Waals surface area contributed by atoms with Gasteiger partial charge in [-0.15, -0.1) is 0 Å². The zero-order valence-electron chi connectivity index (χ0n) is 11.3. The van der Waals surface area contributed by atoms with Crippen LogP contribution in [-0.2, 0) is 4.79 Å². The molecule has 2 aromatic rings. The van der Waals surface area contributed by atoms with Gasteiger partial charge >= 0.3 is 5.76 Å². The number of nitrogens with zero attached hydrogens (tertiary/aromatic N) is 2. The number of nitrogen functional groups attached to an aromatic ring is 1. The summed E-state index contributed by atoms with van der Waals surface area (Å²) in [5, 5.41) is 0. The van der Waals surface area contributed by atoms with Crippen molar-refractivity contribution >= 4 is 22.7 Å². The minimum atomic E-state index is -0.580. The molecule has 1 saturated heterocycles. The smallest absolute Gasteiger partial charge is 0.408 e. The Balaban J connectivity index is 2.04. The van der Waals surface area contributed by atoms with Crippen LogP contribution in [0.4, 0.5) is 5.69 Å². The molecule has 20 heavy (non-hydrogen) atoms. The van der Waals surface area contributed by atoms with Gasteiger partial charge in [-0.2, -0.15) is 0 Å². The van der Waals surface area contributed by atoms with E-state index in [1.165, 1.54) is 4.57 Å². The molecule has 6 nitrogen and oxygen atoms in total. The summed E-state index contributed by atoms with van der Waals surface area (Å²) in [5.41, 5.74) is 7.30. The average Bonchev–Trinajstić information content (AvgIpc) is 3.04. The third kappa shape index (κ3) is 1.97. The molecular formula is C14H17N3O3. The van der Waals surface area contributed by atoms with Crippen molar-refractivity contribution in [2.45, 2.75) is 25.8 Å². The molecule has 106 valence electrons. The fraction of sp³-hybridized carbons (Fsp3) is 0.429. The summed E-state index contributed by atoms with van der Waals surface area (Å²) in [7, 11) is 0. The highest BCUT2D eigenvalue weighted by molar-refractivity contribution is 5.84. The first-order valence-corrected chi connectivity index (χ1v) is 6.77. The fourth-order valence-corrected chi connectivity index (χ4v) is 2.73. The van der Waals surface area contributed by atoms with Gasteiger partial charge in [-0.1, -0.05) is 0 Å². The second-order valence-corrected chi connectivity index (χ2v) is 5.17. The summed E-state index contributed by atoms with van der Waals surface area (Å²) < 4.78 is 6.55. The monoisotopic (exact) mass is 275 g/mol. The van der Waals surface area contributed by atoms with Gasteiger partial charge in [0.2, 0.25) is 5.91 Å². The molecule has 1 atom stereocenters. The Morgan fingerprint density at radius 3 is 2.75 bits per heavy atom. The average molecular weight is 275 g/mol. The number of rotatable bonds is 2. The first-order valence-electron chi connectivity index (χ1n) is 6.77. The number of amides is 1. The normalized spacial score (nSPS) is 16.8. The predicted octanol–water partition coefficient (Wildman–Crippen LogP) is 1.36. The van der Waals surface area contributed by atoms with E-state index in [1.54, 1.807) is 30.0 Å². The van der Waals surface area contributed by atoms with Gasteiger partial charge < -0.3 is 15.1 Å². The number of likely N-dealkylation sites (tertiary alicyclic amines) is 1. The van der Waals surface area contributed by atoms with Crippen LogP contribution in [0.1, 0.15) is 25.8 Å². The molecule has 1 amide bonds. The lowest BCUT2D eigenvalue weighted by molar-refractivity contribution is -0.133. The maximum absolute atomic E-state index is 12.4. The van der Waals surface area contributed by atoms with Gasteiger partial charge in [0.1, 0.15) is 6.04 Å². The third-order valence-corrected chi connectivity index (χ3v) is 3.80. The number of aromatic nitrogens is 1. The number of oxazole rings is 1. The standard InChI is InChI=1S/C14H17N3O3/c1-9(13(18)16-6-2-3-7-16)17-11-8-10(15)4-5-12(11)20-14(17)19/h4-5,8-9H,2-3,6-7,15H2,1H3. The molecule has 1 aromatic heterocycles. The third-order valence-electron chi connectivity index (χ3n) is 3.80. The maximum Gasteiger partial charge on any atom is 0.420 e. The second-order valence-electron chi connectivity index (χ2n) is 5.17. The number of carbonyl (C=O) groups is 1. The number of hydrogen-bond acceptors (Lipinski definition) is 4. The number of benzene rings is 1. The van der Waals surface area contributed by atoms with E-state index in [4.69, 9.17) is 10.2 Å². The Bertz CT molecular complexity index is 710. The number of carbonyl (C=O) groups excluding carboxylic acids is 1. The molecular weight excluding hydrogens is 258 g/mol. The summed E-state index contributed by atoms with van der Waals surface area (Å²) in [5.74, 6) is -0.569. The van der Waals surface area contributed by atoms with Crippen molar-refractivity contribution < 1.29 is 9.21 Å². The first-order chi connectivity index (χ1) is 9.58. The van der Waals surface area contributed by atoms with Crippen LogP contribution in [0.15, 0.2) is 27.4 Å². The molecule has 1 aromatic carbocycles. The Morgan fingerprint density at radius 1 is 1.35 bits per heavy atom. The van der Waals surface area contributed by atoms with Crippen LogP contribution in [0.5, 0.6) is 0 Å². The van der Waals surface area contributed by atoms with E-state index in [9.17, 15) is 9.59 Å². The van der Waals surface area contributed by atoms with Crippen LogP contribution in [0.25, 0.3) is 11.1 Å². The Labute approximate surface area is 115 Å². The minimum absolute atomic E-state index is 0.0466. The highest BCUT2D eigenvalue weighted by atomic mass is 16.4. The van der Waals surface area contributed by atoms with Crippen LogP contribution in [0.3, 0.4) is 0 Å². The summed E-state index contributed by atoms with van der Waals surface area (Å²) in [4.78, 5) is 26.2. The summed E-state index contributed by atoms with van der Waals surface area (Å²) in [6.45, 7) is 3.24. The van der Waals surface area contributed by atoms with Gasteiger partial charge in [-0.05, 0) is 38.0 Å². The van der Waals surface area contributed by atoms with E-state index in [2.05, 4.69) is 0 Å². The lowest BCUT2D eigenvalue weighted by Gasteiger charge is -2.20. The molecule has 1 unspecified atom stereocenters. The maximum atomic E-state index is 12.4. The molecule has 3 rings (SSSR count). The Hall–Kier alpha value is -2.24. The van der Waals surface area contributed by atoms with E-state index in [0.29, 0.717) is 16.8 Å². The zero-order chi connectivity index (χ0) is 14.3. The van der Waals surface area contributed by atoms with Gasteiger partial charge in [0.25, 0.3) is 0 Å². The quantitative estimate of drug-likeness (QED) is 0.839. The van der Waals surface area contributed by atoms with E-state index in [1.807, 2.05) is 0 Å². The zero-order valence-corrected chi connectivity index (χ0v) is 11.3. The van der Waals surface area contributed by atoms with Gasteiger partial charge in [0, 0.05) is 18.8 Å². The van der Waals surface area contributed by atoms with Gasteiger partial charge in [-0.25, -0.2) is 4.79 Å². The van der Waals surface area contributed by atoms with Crippen LogP contribution < -0.4 is 11.5 Å². The van der Waals surface area contributed by atoms with Crippen molar-refractivity contribution in [3.8, 4) is 0 Å². The van der Waals surface area contributed by atoms with E-state index >= 15 is 0 Å². The molecule has 1 fully saturated rings. The topological polar surface area (TPSA) is 81.5 Å². The van der Waals surface area contributed by atoms with Gasteiger partial charge in [-0.3, -0.25) is 9.36 Å². The minimum Gasteiger partial charge on any atom is -0.408 e. The molecule has 0 saturated carbocycles. The van der Waals surface area contributed by atoms with Crippen LogP contribution >= 0.6 is 0 Å². The van der Waals surface area contributed by atoms with Crippen molar-refractivity contribution in [1.82, 2.24) is 9.47 Å². The summed E-state index contributed by atoms with van der Waals surface area (Å²) in [6.07, 6.45) is 2.04. The molecule has 0 spiro atoms. The Kier molecular flexibility index (Phi) is 3.00. The summed E-state index contributed by atoms with van der Waals surface area (Å²) in [6, 6.07) is 4.40. The first kappa shape index (κ1) is 12.8. The second kappa shape index (κ2) is 4.70. The number of nitrogens with two attached hydrogens (primary N) is 1. The predicted molar refractivity (Wildman–Crippen MR) is 75.4 cm³/mol. The number of anilines is 1. The van der Waals surface area contributed by atoms with Gasteiger partial charge in [0.15, 0.2) is 5.58 Å². The molecule has 2 heterocycles. The molecule has 1 aliphatic heterocycles. The SMILES string of the molecule is CC(C(=O)N1CCCC1)n1c(=O)oc2ccc(N)cc21. The highest BCUT2D eigenvalue weighted by Gasteiger charge is 2.27. The molecule has 0 bridgehead atoms. The highest BCUT2D eigenvalue weighted by Crippen LogP contribution is 2.22. The van der Waals surface area contributed by atoms with Crippen molar-refractivity contribution in [3.63, 3.8) is 0 Å². The lowest BCUT2D eigenvalue weighted by Crippen LogP contribution is -2.36. The summed E-state index contributed by atoms with van der Waals surface area (Å²) >= 11 is 0. The number of hydrogen-bond donors (Lipinski definition) is 1. The van der Waals surface area contributed by atoms with Crippen LogP contribution in [0, 0.1) is 0 Å². The number of fused-ring (bicyclic) bond motifs is 1. The molecule has 6 heteroatoms. The van der Waals surface area contributed by atoms with Crippen molar-refractivity contribution in [2.24, 2.45) is 0 Å². The van der Waals surface area contributed by atoms with Crippen molar-refractivity contribution in [1.29, 1.82) is 0 Å². The van der Waals surface area contributed by atoms with Gasteiger partial charge in [0.05, 0.1) is 5.52 Å². The largest absolute Gasteiger partial charge is 0.420 e. The molecule has 2 N–H and O–H groups in total. The molecule has 1 aliphatic rings. The van der Waals surface area contributed by atoms with E-state index < -0.39 is 11.8 Å².